The number of rotatable bonds is 5. The number of nitrogens with one attached hydrogen (secondary N) is 1. The van der Waals surface area contributed by atoms with Gasteiger partial charge in [0.2, 0.25) is 10.0 Å². The topological polar surface area (TPSA) is 85.1 Å². The molecule has 5 nitrogen and oxygen atoms in total. The molecule has 1 heterocycles. The van der Waals surface area contributed by atoms with E-state index >= 15 is 0 Å². The molecule has 0 saturated carbocycles. The minimum atomic E-state index is -3.43. The van der Waals surface area contributed by atoms with Gasteiger partial charge in [-0.05, 0) is 25.0 Å². The largest absolute Gasteiger partial charge is 0.329 e. The van der Waals surface area contributed by atoms with Crippen LogP contribution in [0.5, 0.6) is 0 Å². The number of aryl methyl sites for hydroxylation is 1. The molecule has 16 heavy (non-hydrogen) atoms. The number of anilines is 1. The zero-order chi connectivity index (χ0) is 12.2. The van der Waals surface area contributed by atoms with Crippen LogP contribution in [-0.4, -0.2) is 25.2 Å². The van der Waals surface area contributed by atoms with Gasteiger partial charge in [0.15, 0.2) is 0 Å². The van der Waals surface area contributed by atoms with Gasteiger partial charge < -0.3 is 5.73 Å². The van der Waals surface area contributed by atoms with Crippen LogP contribution in [0.4, 0.5) is 5.82 Å². The summed E-state index contributed by atoms with van der Waals surface area (Å²) in [5, 5.41) is -0.574. The van der Waals surface area contributed by atoms with Gasteiger partial charge in [0, 0.05) is 12.7 Å². The fraction of sp³-hybridized carbons (Fsp3) is 0.500. The second kappa shape index (κ2) is 5.27. The van der Waals surface area contributed by atoms with Crippen molar-refractivity contribution in [3.63, 3.8) is 0 Å². The molecule has 0 aliphatic carbocycles. The van der Waals surface area contributed by atoms with Gasteiger partial charge in [-0.2, -0.15) is 0 Å². The lowest BCUT2D eigenvalue weighted by Gasteiger charge is -2.14. The van der Waals surface area contributed by atoms with Crippen molar-refractivity contribution in [3.8, 4) is 0 Å². The summed E-state index contributed by atoms with van der Waals surface area (Å²) in [5.74, 6) is 0.331. The Hall–Kier alpha value is -1.14. The van der Waals surface area contributed by atoms with E-state index in [-0.39, 0.29) is 6.54 Å². The first-order valence-corrected chi connectivity index (χ1v) is 6.68. The highest BCUT2D eigenvalue weighted by molar-refractivity contribution is 7.93. The SMILES string of the molecule is CCC(CN)S(=O)(=O)Nc1ccc(C)cn1. The van der Waals surface area contributed by atoms with E-state index in [1.807, 2.05) is 6.92 Å². The summed E-state index contributed by atoms with van der Waals surface area (Å²) in [7, 11) is -3.43. The Morgan fingerprint density at radius 3 is 2.62 bits per heavy atom. The average molecular weight is 243 g/mol. The first kappa shape index (κ1) is 12.9. The van der Waals surface area contributed by atoms with Crippen LogP contribution in [0.1, 0.15) is 18.9 Å². The zero-order valence-electron chi connectivity index (χ0n) is 9.47. The van der Waals surface area contributed by atoms with Crippen molar-refractivity contribution in [1.82, 2.24) is 4.98 Å². The van der Waals surface area contributed by atoms with E-state index in [9.17, 15) is 8.42 Å². The molecule has 0 bridgehead atoms. The normalized spacial score (nSPS) is 13.4. The first-order valence-electron chi connectivity index (χ1n) is 5.14. The lowest BCUT2D eigenvalue weighted by molar-refractivity contribution is 0.581. The third-order valence-electron chi connectivity index (χ3n) is 2.32. The minimum Gasteiger partial charge on any atom is -0.329 e. The van der Waals surface area contributed by atoms with Gasteiger partial charge in [-0.1, -0.05) is 13.0 Å². The molecule has 1 rings (SSSR count). The van der Waals surface area contributed by atoms with Gasteiger partial charge in [0.25, 0.3) is 0 Å². The summed E-state index contributed by atoms with van der Waals surface area (Å²) in [5.41, 5.74) is 6.39. The maximum atomic E-state index is 11.8. The number of sulfonamides is 1. The van der Waals surface area contributed by atoms with E-state index in [2.05, 4.69) is 9.71 Å². The summed E-state index contributed by atoms with van der Waals surface area (Å²) in [4.78, 5) is 3.98. The summed E-state index contributed by atoms with van der Waals surface area (Å²) in [6, 6.07) is 3.43. The maximum absolute atomic E-state index is 11.8. The minimum absolute atomic E-state index is 0.109. The zero-order valence-corrected chi connectivity index (χ0v) is 10.3. The molecule has 0 amide bonds. The molecule has 1 atom stereocenters. The summed E-state index contributed by atoms with van der Waals surface area (Å²) >= 11 is 0. The van der Waals surface area contributed by atoms with E-state index in [0.717, 1.165) is 5.56 Å². The fourth-order valence-corrected chi connectivity index (χ4v) is 2.54. The van der Waals surface area contributed by atoms with Gasteiger partial charge in [0.1, 0.15) is 5.82 Å². The van der Waals surface area contributed by atoms with Crippen molar-refractivity contribution < 1.29 is 8.42 Å². The second-order valence-electron chi connectivity index (χ2n) is 3.63. The number of nitrogens with two attached hydrogens (primary N) is 1. The Labute approximate surface area is 96.1 Å². The molecule has 6 heteroatoms. The highest BCUT2D eigenvalue weighted by atomic mass is 32.2. The van der Waals surface area contributed by atoms with Gasteiger partial charge >= 0.3 is 0 Å². The standard InChI is InChI=1S/C10H17N3O2S/c1-3-9(6-11)16(14,15)13-10-5-4-8(2)7-12-10/h4-5,7,9H,3,6,11H2,1-2H3,(H,12,13). The van der Waals surface area contributed by atoms with Crippen LogP contribution in [0, 0.1) is 6.92 Å². The van der Waals surface area contributed by atoms with Gasteiger partial charge in [-0.15, -0.1) is 0 Å². The molecule has 1 aromatic rings. The molecule has 0 radical (unpaired) electrons. The molecular formula is C10H17N3O2S. The van der Waals surface area contributed by atoms with Crippen molar-refractivity contribution in [3.05, 3.63) is 23.9 Å². The lowest BCUT2D eigenvalue weighted by Crippen LogP contribution is -2.33. The molecule has 3 N–H and O–H groups in total. The molecule has 0 aliphatic rings. The van der Waals surface area contributed by atoms with Crippen LogP contribution in [0.15, 0.2) is 18.3 Å². The monoisotopic (exact) mass is 243 g/mol. The Balaban J connectivity index is 2.84. The van der Waals surface area contributed by atoms with Crippen LogP contribution < -0.4 is 10.5 Å². The van der Waals surface area contributed by atoms with Crippen molar-refractivity contribution in [1.29, 1.82) is 0 Å². The Morgan fingerprint density at radius 1 is 1.50 bits per heavy atom. The molecule has 1 aromatic heterocycles. The van der Waals surface area contributed by atoms with Crippen molar-refractivity contribution in [2.24, 2.45) is 5.73 Å². The third kappa shape index (κ3) is 3.18. The number of pyridine rings is 1. The summed E-state index contributed by atoms with van der Waals surface area (Å²) in [6.07, 6.45) is 2.10. The predicted octanol–water partition coefficient (Wildman–Crippen LogP) is 0.869. The van der Waals surface area contributed by atoms with Crippen LogP contribution in [0.2, 0.25) is 0 Å². The smallest absolute Gasteiger partial charge is 0.238 e. The molecule has 0 aliphatic heterocycles. The van der Waals surface area contributed by atoms with E-state index in [1.165, 1.54) is 0 Å². The van der Waals surface area contributed by atoms with Crippen molar-refractivity contribution in [2.75, 3.05) is 11.3 Å². The maximum Gasteiger partial charge on any atom is 0.238 e. The van der Waals surface area contributed by atoms with Crippen LogP contribution >= 0.6 is 0 Å². The van der Waals surface area contributed by atoms with Crippen LogP contribution in [-0.2, 0) is 10.0 Å². The average Bonchev–Trinajstić information content (AvgIpc) is 2.22. The molecule has 0 aromatic carbocycles. The Bertz CT molecular complexity index is 424. The van der Waals surface area contributed by atoms with E-state index in [1.54, 1.807) is 25.3 Å². The molecular weight excluding hydrogens is 226 g/mol. The van der Waals surface area contributed by atoms with Gasteiger partial charge in [-0.3, -0.25) is 4.72 Å². The lowest BCUT2D eigenvalue weighted by atomic mass is 10.3. The van der Waals surface area contributed by atoms with E-state index in [0.29, 0.717) is 12.2 Å². The molecule has 0 fully saturated rings. The highest BCUT2D eigenvalue weighted by Gasteiger charge is 2.22. The summed E-state index contributed by atoms with van der Waals surface area (Å²) in [6.45, 7) is 3.79. The molecule has 0 saturated heterocycles. The fourth-order valence-electron chi connectivity index (χ4n) is 1.27. The number of aromatic nitrogens is 1. The van der Waals surface area contributed by atoms with E-state index in [4.69, 9.17) is 5.73 Å². The second-order valence-corrected chi connectivity index (χ2v) is 5.59. The van der Waals surface area contributed by atoms with Crippen molar-refractivity contribution >= 4 is 15.8 Å². The van der Waals surface area contributed by atoms with Gasteiger partial charge in [-0.25, -0.2) is 13.4 Å². The summed E-state index contributed by atoms with van der Waals surface area (Å²) < 4.78 is 26.1. The number of hydrogen-bond donors (Lipinski definition) is 2. The number of hydrogen-bond acceptors (Lipinski definition) is 4. The van der Waals surface area contributed by atoms with Gasteiger partial charge in [0.05, 0.1) is 5.25 Å². The Kier molecular flexibility index (Phi) is 4.26. The Morgan fingerprint density at radius 2 is 2.19 bits per heavy atom. The first-order chi connectivity index (χ1) is 7.49. The highest BCUT2D eigenvalue weighted by Crippen LogP contribution is 2.11. The van der Waals surface area contributed by atoms with E-state index < -0.39 is 15.3 Å². The van der Waals surface area contributed by atoms with Crippen LogP contribution in [0.25, 0.3) is 0 Å². The predicted molar refractivity (Wildman–Crippen MR) is 64.6 cm³/mol. The van der Waals surface area contributed by atoms with Crippen LogP contribution in [0.3, 0.4) is 0 Å². The quantitative estimate of drug-likeness (QED) is 0.803. The molecule has 0 spiro atoms. The molecule has 1 unspecified atom stereocenters. The molecule has 90 valence electrons. The number of nitrogens with zero attached hydrogens (tertiary/aromatic N) is 1. The third-order valence-corrected chi connectivity index (χ3v) is 4.21. The van der Waals surface area contributed by atoms with Crippen molar-refractivity contribution in [2.45, 2.75) is 25.5 Å².